The summed E-state index contributed by atoms with van der Waals surface area (Å²) in [6.45, 7) is 3.84. The van der Waals surface area contributed by atoms with E-state index < -0.39 is 0 Å². The maximum atomic E-state index is 11.9. The highest BCUT2D eigenvalue weighted by Crippen LogP contribution is 2.22. The molecule has 1 amide bonds. The molecule has 2 aromatic carbocycles. The van der Waals surface area contributed by atoms with E-state index in [0.29, 0.717) is 5.75 Å². The molecule has 0 saturated heterocycles. The minimum atomic E-state index is -0.265. The van der Waals surface area contributed by atoms with Crippen LogP contribution in [0.2, 0.25) is 0 Å². The Kier molecular flexibility index (Phi) is 5.49. The number of fused-ring (bicyclic) bond motifs is 1. The van der Waals surface area contributed by atoms with Gasteiger partial charge in [-0.15, -0.1) is 0 Å². The third-order valence-corrected chi connectivity index (χ3v) is 4.47. The number of carbonyl (C=O) groups is 1. The SMILES string of the molecule is C/C(=N\NC(=O)COc1cccc(C)c1)c1ccc2c(c1)CCCC2. The zero-order valence-electron chi connectivity index (χ0n) is 14.8. The van der Waals surface area contributed by atoms with Gasteiger partial charge < -0.3 is 4.74 Å². The van der Waals surface area contributed by atoms with Gasteiger partial charge in [-0.05, 0) is 80.0 Å². The summed E-state index contributed by atoms with van der Waals surface area (Å²) in [6.07, 6.45) is 4.82. The van der Waals surface area contributed by atoms with Gasteiger partial charge in [0.2, 0.25) is 0 Å². The number of nitrogens with one attached hydrogen (secondary N) is 1. The lowest BCUT2D eigenvalue weighted by atomic mass is 9.90. The lowest BCUT2D eigenvalue weighted by molar-refractivity contribution is -0.123. The van der Waals surface area contributed by atoms with Crippen molar-refractivity contribution in [2.45, 2.75) is 39.5 Å². The van der Waals surface area contributed by atoms with Crippen LogP contribution >= 0.6 is 0 Å². The van der Waals surface area contributed by atoms with E-state index in [-0.39, 0.29) is 12.5 Å². The standard InChI is InChI=1S/C21H24N2O2/c1-15-6-5-9-20(12-15)25-14-21(24)23-22-16(2)18-11-10-17-7-3-4-8-19(17)13-18/h5-6,9-13H,3-4,7-8,14H2,1-2H3,(H,23,24)/b22-16+. The molecule has 0 fully saturated rings. The van der Waals surface area contributed by atoms with Crippen LogP contribution in [-0.4, -0.2) is 18.2 Å². The average molecular weight is 336 g/mol. The van der Waals surface area contributed by atoms with Crippen molar-refractivity contribution >= 4 is 11.6 Å². The molecule has 0 aliphatic heterocycles. The molecule has 3 rings (SSSR count). The van der Waals surface area contributed by atoms with E-state index in [9.17, 15) is 4.79 Å². The van der Waals surface area contributed by atoms with Crippen LogP contribution in [0.4, 0.5) is 0 Å². The molecule has 1 N–H and O–H groups in total. The van der Waals surface area contributed by atoms with Crippen molar-refractivity contribution in [2.75, 3.05) is 6.61 Å². The first-order valence-corrected chi connectivity index (χ1v) is 8.76. The summed E-state index contributed by atoms with van der Waals surface area (Å²) in [6, 6.07) is 14.1. The van der Waals surface area contributed by atoms with Gasteiger partial charge in [-0.25, -0.2) is 5.43 Å². The zero-order valence-corrected chi connectivity index (χ0v) is 14.8. The molecule has 4 heteroatoms. The second-order valence-electron chi connectivity index (χ2n) is 6.53. The molecule has 4 nitrogen and oxygen atoms in total. The van der Waals surface area contributed by atoms with Gasteiger partial charge in [-0.2, -0.15) is 5.10 Å². The topological polar surface area (TPSA) is 50.7 Å². The second kappa shape index (κ2) is 7.97. The van der Waals surface area contributed by atoms with E-state index in [0.717, 1.165) is 23.3 Å². The third kappa shape index (κ3) is 4.69. The highest BCUT2D eigenvalue weighted by atomic mass is 16.5. The summed E-state index contributed by atoms with van der Waals surface area (Å²) in [7, 11) is 0. The summed E-state index contributed by atoms with van der Waals surface area (Å²) in [5.74, 6) is 0.421. The molecule has 0 unspecified atom stereocenters. The van der Waals surface area contributed by atoms with Crippen molar-refractivity contribution in [2.24, 2.45) is 5.10 Å². The molecule has 0 saturated carbocycles. The van der Waals surface area contributed by atoms with Crippen molar-refractivity contribution in [3.05, 3.63) is 64.7 Å². The Morgan fingerprint density at radius 3 is 2.72 bits per heavy atom. The zero-order chi connectivity index (χ0) is 17.6. The normalized spacial score (nSPS) is 13.9. The maximum absolute atomic E-state index is 11.9. The Bertz CT molecular complexity index is 796. The monoisotopic (exact) mass is 336 g/mol. The summed E-state index contributed by atoms with van der Waals surface area (Å²) in [4.78, 5) is 11.9. The third-order valence-electron chi connectivity index (χ3n) is 4.47. The van der Waals surface area contributed by atoms with Gasteiger partial charge in [0.1, 0.15) is 5.75 Å². The van der Waals surface area contributed by atoms with E-state index in [4.69, 9.17) is 4.74 Å². The molecule has 1 aliphatic carbocycles. The number of hydrogen-bond acceptors (Lipinski definition) is 3. The van der Waals surface area contributed by atoms with Gasteiger partial charge in [0.05, 0.1) is 5.71 Å². The van der Waals surface area contributed by atoms with Crippen LogP contribution in [0, 0.1) is 6.92 Å². The van der Waals surface area contributed by atoms with Gasteiger partial charge in [-0.1, -0.05) is 24.3 Å². The molecule has 0 radical (unpaired) electrons. The van der Waals surface area contributed by atoms with Crippen LogP contribution in [0.15, 0.2) is 47.6 Å². The van der Waals surface area contributed by atoms with Crippen molar-refractivity contribution in [3.8, 4) is 5.75 Å². The molecule has 25 heavy (non-hydrogen) atoms. The minimum absolute atomic E-state index is 0.0512. The molecule has 0 aromatic heterocycles. The number of amides is 1. The van der Waals surface area contributed by atoms with Crippen LogP contribution in [0.25, 0.3) is 0 Å². The highest BCUT2D eigenvalue weighted by Gasteiger charge is 2.10. The Hall–Kier alpha value is -2.62. The Morgan fingerprint density at radius 1 is 1.12 bits per heavy atom. The van der Waals surface area contributed by atoms with Crippen molar-refractivity contribution in [3.63, 3.8) is 0 Å². The van der Waals surface area contributed by atoms with Crippen LogP contribution in [0.5, 0.6) is 5.75 Å². The first-order valence-electron chi connectivity index (χ1n) is 8.76. The van der Waals surface area contributed by atoms with Gasteiger partial charge in [0, 0.05) is 0 Å². The molecule has 0 atom stereocenters. The fourth-order valence-corrected chi connectivity index (χ4v) is 3.06. The largest absolute Gasteiger partial charge is 0.484 e. The van der Waals surface area contributed by atoms with Crippen LogP contribution in [-0.2, 0) is 17.6 Å². The predicted molar refractivity (Wildman–Crippen MR) is 100 cm³/mol. The van der Waals surface area contributed by atoms with Gasteiger partial charge in [0.25, 0.3) is 5.91 Å². The summed E-state index contributed by atoms with van der Waals surface area (Å²) in [5.41, 5.74) is 8.38. The molecular formula is C21H24N2O2. The summed E-state index contributed by atoms with van der Waals surface area (Å²) < 4.78 is 5.48. The maximum Gasteiger partial charge on any atom is 0.277 e. The van der Waals surface area contributed by atoms with Crippen LogP contribution in [0.1, 0.15) is 42.0 Å². The van der Waals surface area contributed by atoms with Crippen molar-refractivity contribution < 1.29 is 9.53 Å². The molecule has 0 spiro atoms. The molecule has 2 aromatic rings. The second-order valence-corrected chi connectivity index (χ2v) is 6.53. The summed E-state index contributed by atoms with van der Waals surface area (Å²) in [5, 5.41) is 4.21. The molecule has 130 valence electrons. The Balaban J connectivity index is 1.56. The van der Waals surface area contributed by atoms with Crippen molar-refractivity contribution in [1.29, 1.82) is 0 Å². The number of aryl methyl sites for hydroxylation is 3. The van der Waals surface area contributed by atoms with Crippen LogP contribution in [0.3, 0.4) is 0 Å². The summed E-state index contributed by atoms with van der Waals surface area (Å²) >= 11 is 0. The lowest BCUT2D eigenvalue weighted by Crippen LogP contribution is -2.25. The quantitative estimate of drug-likeness (QED) is 0.667. The number of nitrogens with zero attached hydrogens (tertiary/aromatic N) is 1. The number of hydrazone groups is 1. The van der Waals surface area contributed by atoms with E-state index in [1.807, 2.05) is 38.1 Å². The molecule has 1 aliphatic rings. The number of hydrogen-bond donors (Lipinski definition) is 1. The van der Waals surface area contributed by atoms with Crippen LogP contribution < -0.4 is 10.2 Å². The van der Waals surface area contributed by atoms with E-state index >= 15 is 0 Å². The lowest BCUT2D eigenvalue weighted by Gasteiger charge is -2.16. The van der Waals surface area contributed by atoms with Gasteiger partial charge in [0.15, 0.2) is 6.61 Å². The Morgan fingerprint density at radius 2 is 1.92 bits per heavy atom. The number of rotatable bonds is 5. The fourth-order valence-electron chi connectivity index (χ4n) is 3.06. The Labute approximate surface area is 148 Å². The number of carbonyl (C=O) groups excluding carboxylic acids is 1. The van der Waals surface area contributed by atoms with E-state index in [1.54, 1.807) is 0 Å². The van der Waals surface area contributed by atoms with Crippen molar-refractivity contribution in [1.82, 2.24) is 5.43 Å². The first kappa shape index (κ1) is 17.2. The minimum Gasteiger partial charge on any atom is -0.484 e. The van der Waals surface area contributed by atoms with E-state index in [2.05, 4.69) is 28.7 Å². The predicted octanol–water partition coefficient (Wildman–Crippen LogP) is 3.79. The first-order chi connectivity index (χ1) is 12.1. The molecule has 0 heterocycles. The average Bonchev–Trinajstić information content (AvgIpc) is 2.64. The van der Waals surface area contributed by atoms with E-state index in [1.165, 1.54) is 30.4 Å². The molecule has 0 bridgehead atoms. The smallest absolute Gasteiger partial charge is 0.277 e. The van der Waals surface area contributed by atoms with Gasteiger partial charge in [-0.3, -0.25) is 4.79 Å². The number of benzene rings is 2. The fraction of sp³-hybridized carbons (Fsp3) is 0.333. The van der Waals surface area contributed by atoms with Gasteiger partial charge >= 0.3 is 0 Å². The molecular weight excluding hydrogens is 312 g/mol. The number of ether oxygens (including phenoxy) is 1. The highest BCUT2D eigenvalue weighted by molar-refractivity contribution is 5.99.